The number of rotatable bonds is 5. The number of fused-ring (bicyclic) bond motifs is 1. The third-order valence-corrected chi connectivity index (χ3v) is 6.84. The van der Waals surface area contributed by atoms with E-state index < -0.39 is 0 Å². The standard InChI is InChI=1S/C21H26ClNS/c1-20(2)18-12-11-17(22)15-19(18)21(24-20,13-8-14-23(3)4)16-9-6-5-7-10-16/h5-7,9-12,15H,8,13-14H2,1-4H3/t21-/m1/s1. The van der Waals surface area contributed by atoms with E-state index in [0.717, 1.165) is 24.4 Å². The van der Waals surface area contributed by atoms with E-state index in [2.05, 4.69) is 87.1 Å². The molecule has 0 bridgehead atoms. The molecule has 0 aromatic heterocycles. The van der Waals surface area contributed by atoms with Crippen LogP contribution in [0.1, 0.15) is 43.4 Å². The van der Waals surface area contributed by atoms with Gasteiger partial charge in [0.2, 0.25) is 0 Å². The Kier molecular flexibility index (Phi) is 5.01. The van der Waals surface area contributed by atoms with Gasteiger partial charge in [0.05, 0.1) is 4.75 Å². The lowest BCUT2D eigenvalue weighted by atomic mass is 9.82. The van der Waals surface area contributed by atoms with Gasteiger partial charge in [-0.3, -0.25) is 0 Å². The van der Waals surface area contributed by atoms with Crippen molar-refractivity contribution in [3.05, 3.63) is 70.2 Å². The van der Waals surface area contributed by atoms with Crippen molar-refractivity contribution in [2.45, 2.75) is 36.2 Å². The highest BCUT2D eigenvalue weighted by atomic mass is 35.5. The molecule has 0 saturated heterocycles. The quantitative estimate of drug-likeness (QED) is 0.653. The number of hydrogen-bond donors (Lipinski definition) is 0. The normalized spacial score (nSPS) is 21.9. The number of thioether (sulfide) groups is 1. The average Bonchev–Trinajstić information content (AvgIpc) is 2.76. The first-order valence-electron chi connectivity index (χ1n) is 8.56. The van der Waals surface area contributed by atoms with E-state index in [1.54, 1.807) is 0 Å². The molecule has 1 nitrogen and oxygen atoms in total. The Morgan fingerprint density at radius 2 is 1.71 bits per heavy atom. The second kappa shape index (κ2) is 6.74. The largest absolute Gasteiger partial charge is 0.309 e. The van der Waals surface area contributed by atoms with Crippen LogP contribution in [0.2, 0.25) is 5.02 Å². The first-order chi connectivity index (χ1) is 11.3. The number of hydrogen-bond acceptors (Lipinski definition) is 2. The molecule has 3 heteroatoms. The highest BCUT2D eigenvalue weighted by Gasteiger charge is 2.49. The highest BCUT2D eigenvalue weighted by molar-refractivity contribution is 8.01. The van der Waals surface area contributed by atoms with Crippen LogP contribution in [0.15, 0.2) is 48.5 Å². The van der Waals surface area contributed by atoms with E-state index in [1.165, 1.54) is 16.7 Å². The molecule has 0 aliphatic carbocycles. The molecule has 2 aromatic rings. The molecule has 0 amide bonds. The van der Waals surface area contributed by atoms with Gasteiger partial charge >= 0.3 is 0 Å². The van der Waals surface area contributed by atoms with Gasteiger partial charge in [-0.25, -0.2) is 0 Å². The van der Waals surface area contributed by atoms with Crippen molar-refractivity contribution in [2.24, 2.45) is 0 Å². The van der Waals surface area contributed by atoms with E-state index in [9.17, 15) is 0 Å². The molecule has 24 heavy (non-hydrogen) atoms. The van der Waals surface area contributed by atoms with Gasteiger partial charge in [-0.05, 0) is 76.2 Å². The van der Waals surface area contributed by atoms with Crippen LogP contribution in [0.4, 0.5) is 0 Å². The Morgan fingerprint density at radius 1 is 1.00 bits per heavy atom. The summed E-state index contributed by atoms with van der Waals surface area (Å²) in [6.45, 7) is 5.77. The van der Waals surface area contributed by atoms with Crippen LogP contribution in [0.3, 0.4) is 0 Å². The fraction of sp³-hybridized carbons (Fsp3) is 0.429. The van der Waals surface area contributed by atoms with E-state index in [1.807, 2.05) is 6.07 Å². The van der Waals surface area contributed by atoms with Gasteiger partial charge in [0.25, 0.3) is 0 Å². The lowest BCUT2D eigenvalue weighted by Crippen LogP contribution is -2.24. The lowest BCUT2D eigenvalue weighted by Gasteiger charge is -2.33. The van der Waals surface area contributed by atoms with Gasteiger partial charge in [-0.15, -0.1) is 11.8 Å². The summed E-state index contributed by atoms with van der Waals surface area (Å²) in [6, 6.07) is 17.4. The van der Waals surface area contributed by atoms with Gasteiger partial charge in [0.1, 0.15) is 0 Å². The first kappa shape index (κ1) is 17.8. The minimum atomic E-state index is -0.0129. The van der Waals surface area contributed by atoms with Crippen LogP contribution in [0, 0.1) is 0 Å². The van der Waals surface area contributed by atoms with E-state index in [4.69, 9.17) is 11.6 Å². The predicted octanol–water partition coefficient (Wildman–Crippen LogP) is 5.91. The lowest BCUT2D eigenvalue weighted by molar-refractivity contribution is 0.386. The molecule has 1 aliphatic rings. The minimum Gasteiger partial charge on any atom is -0.309 e. The highest BCUT2D eigenvalue weighted by Crippen LogP contribution is 2.63. The van der Waals surface area contributed by atoms with Crippen molar-refractivity contribution in [1.29, 1.82) is 0 Å². The van der Waals surface area contributed by atoms with Crippen molar-refractivity contribution >= 4 is 23.4 Å². The summed E-state index contributed by atoms with van der Waals surface area (Å²) in [7, 11) is 4.29. The maximum atomic E-state index is 6.40. The van der Waals surface area contributed by atoms with Gasteiger partial charge < -0.3 is 4.90 Å². The van der Waals surface area contributed by atoms with Crippen molar-refractivity contribution in [3.8, 4) is 0 Å². The molecule has 0 radical (unpaired) electrons. The molecular formula is C21H26ClNS. The maximum absolute atomic E-state index is 6.40. The molecule has 128 valence electrons. The van der Waals surface area contributed by atoms with Gasteiger partial charge in [-0.1, -0.05) is 48.0 Å². The second-order valence-electron chi connectivity index (χ2n) is 7.40. The first-order valence-corrected chi connectivity index (χ1v) is 9.75. The van der Waals surface area contributed by atoms with E-state index in [0.29, 0.717) is 0 Å². The van der Waals surface area contributed by atoms with E-state index >= 15 is 0 Å². The number of nitrogens with zero attached hydrogens (tertiary/aromatic N) is 1. The summed E-state index contributed by atoms with van der Waals surface area (Å²) in [6.07, 6.45) is 2.29. The molecule has 1 heterocycles. The van der Waals surface area contributed by atoms with Crippen LogP contribution >= 0.6 is 23.4 Å². The van der Waals surface area contributed by atoms with Crippen LogP contribution in [-0.2, 0) is 9.49 Å². The number of benzene rings is 2. The molecule has 2 aromatic carbocycles. The summed E-state index contributed by atoms with van der Waals surface area (Å²) in [5.41, 5.74) is 4.21. The van der Waals surface area contributed by atoms with Crippen LogP contribution in [0.5, 0.6) is 0 Å². The fourth-order valence-corrected chi connectivity index (χ4v) is 5.93. The minimum absolute atomic E-state index is 0.0129. The summed E-state index contributed by atoms with van der Waals surface area (Å²) < 4.78 is 0.0783. The second-order valence-corrected chi connectivity index (χ2v) is 9.76. The summed E-state index contributed by atoms with van der Waals surface area (Å²) in [5.74, 6) is 0. The number of halogens is 1. The van der Waals surface area contributed by atoms with Crippen LogP contribution in [-0.4, -0.2) is 25.5 Å². The Bertz CT molecular complexity index is 711. The fourth-order valence-electron chi connectivity index (χ4n) is 3.82. The average molecular weight is 360 g/mol. The molecule has 3 rings (SSSR count). The van der Waals surface area contributed by atoms with Gasteiger partial charge in [0.15, 0.2) is 0 Å². The zero-order valence-electron chi connectivity index (χ0n) is 15.0. The van der Waals surface area contributed by atoms with Crippen molar-refractivity contribution in [1.82, 2.24) is 4.90 Å². The predicted molar refractivity (Wildman–Crippen MR) is 107 cm³/mol. The summed E-state index contributed by atoms with van der Waals surface area (Å²) >= 11 is 8.48. The van der Waals surface area contributed by atoms with Crippen LogP contribution in [0.25, 0.3) is 0 Å². The Morgan fingerprint density at radius 3 is 2.38 bits per heavy atom. The molecule has 0 N–H and O–H groups in total. The zero-order chi connectivity index (χ0) is 17.4. The topological polar surface area (TPSA) is 3.24 Å². The smallest absolute Gasteiger partial charge is 0.0669 e. The zero-order valence-corrected chi connectivity index (χ0v) is 16.5. The van der Waals surface area contributed by atoms with Crippen molar-refractivity contribution in [3.63, 3.8) is 0 Å². The monoisotopic (exact) mass is 359 g/mol. The Hall–Kier alpha value is -0.960. The molecule has 0 fully saturated rings. The summed E-state index contributed by atoms with van der Waals surface area (Å²) in [5, 5.41) is 0.833. The van der Waals surface area contributed by atoms with E-state index in [-0.39, 0.29) is 9.49 Å². The van der Waals surface area contributed by atoms with Crippen molar-refractivity contribution in [2.75, 3.05) is 20.6 Å². The van der Waals surface area contributed by atoms with Gasteiger partial charge in [0, 0.05) is 9.77 Å². The van der Waals surface area contributed by atoms with Crippen LogP contribution < -0.4 is 0 Å². The molecule has 0 saturated carbocycles. The SMILES string of the molecule is CN(C)CCC[C@]1(c2ccccc2)SC(C)(C)c2ccc(Cl)cc21. The maximum Gasteiger partial charge on any atom is 0.0669 e. The Balaban J connectivity index is 2.11. The molecular weight excluding hydrogens is 334 g/mol. The van der Waals surface area contributed by atoms with Gasteiger partial charge in [-0.2, -0.15) is 0 Å². The Labute approximate surface area is 155 Å². The summed E-state index contributed by atoms with van der Waals surface area (Å²) in [4.78, 5) is 2.27. The molecule has 0 spiro atoms. The molecule has 1 aliphatic heterocycles. The molecule has 0 unspecified atom stereocenters. The molecule has 1 atom stereocenters. The third kappa shape index (κ3) is 3.24. The third-order valence-electron chi connectivity index (χ3n) is 4.87. The van der Waals surface area contributed by atoms with Crippen molar-refractivity contribution < 1.29 is 0 Å².